The SMILES string of the molecule is Cc1nonc1CC(=O)N1Cc2ccccc2NCc2ccccc2OC[C@@H]1CC(C)C. The van der Waals surface area contributed by atoms with Crippen molar-refractivity contribution in [3.63, 3.8) is 0 Å². The van der Waals surface area contributed by atoms with E-state index in [1.54, 1.807) is 6.92 Å². The maximum atomic E-state index is 13.6. The molecule has 0 unspecified atom stereocenters. The van der Waals surface area contributed by atoms with E-state index in [-0.39, 0.29) is 18.4 Å². The molecule has 2 aromatic carbocycles. The normalized spacial score (nSPS) is 16.4. The van der Waals surface area contributed by atoms with E-state index in [9.17, 15) is 4.79 Å². The van der Waals surface area contributed by atoms with E-state index in [4.69, 9.17) is 9.37 Å². The fraction of sp³-hybridized carbons (Fsp3) is 0.400. The number of nitrogens with one attached hydrogen (secondary N) is 1. The highest BCUT2D eigenvalue weighted by atomic mass is 16.6. The summed E-state index contributed by atoms with van der Waals surface area (Å²) in [7, 11) is 0. The average Bonchev–Trinajstić information content (AvgIpc) is 3.17. The van der Waals surface area contributed by atoms with Gasteiger partial charge in [-0.15, -0.1) is 0 Å². The number of hydrogen-bond donors (Lipinski definition) is 1. The van der Waals surface area contributed by atoms with Crippen LogP contribution in [0, 0.1) is 12.8 Å². The van der Waals surface area contributed by atoms with Crippen LogP contribution in [0.5, 0.6) is 5.75 Å². The summed E-state index contributed by atoms with van der Waals surface area (Å²) in [4.78, 5) is 15.5. The predicted molar refractivity (Wildman–Crippen MR) is 122 cm³/mol. The van der Waals surface area contributed by atoms with Crippen molar-refractivity contribution in [2.45, 2.75) is 52.7 Å². The third kappa shape index (κ3) is 5.10. The number of anilines is 1. The molecule has 1 aliphatic heterocycles. The van der Waals surface area contributed by atoms with E-state index in [1.165, 1.54) is 0 Å². The van der Waals surface area contributed by atoms with Gasteiger partial charge in [-0.2, -0.15) is 0 Å². The summed E-state index contributed by atoms with van der Waals surface area (Å²) in [6.07, 6.45) is 0.982. The number of amides is 1. The summed E-state index contributed by atoms with van der Waals surface area (Å²) in [6, 6.07) is 16.1. The van der Waals surface area contributed by atoms with Gasteiger partial charge >= 0.3 is 0 Å². The second kappa shape index (κ2) is 9.85. The maximum Gasteiger partial charge on any atom is 0.229 e. The zero-order chi connectivity index (χ0) is 22.5. The number of aryl methyl sites for hydroxylation is 1. The first-order valence-electron chi connectivity index (χ1n) is 11.1. The van der Waals surface area contributed by atoms with Crippen molar-refractivity contribution < 1.29 is 14.2 Å². The molecular formula is C25H30N4O3. The Balaban J connectivity index is 1.72. The van der Waals surface area contributed by atoms with Gasteiger partial charge in [0.05, 0.1) is 12.5 Å². The minimum Gasteiger partial charge on any atom is -0.491 e. The third-order valence-electron chi connectivity index (χ3n) is 5.80. The van der Waals surface area contributed by atoms with Gasteiger partial charge in [0, 0.05) is 24.3 Å². The Bertz CT molecular complexity index is 1060. The Morgan fingerprint density at radius 1 is 1.12 bits per heavy atom. The number of nitrogens with zero attached hydrogens (tertiary/aromatic N) is 3. The van der Waals surface area contributed by atoms with Gasteiger partial charge in [-0.05, 0) is 37.0 Å². The van der Waals surface area contributed by atoms with Gasteiger partial charge in [0.15, 0.2) is 0 Å². The first-order chi connectivity index (χ1) is 15.5. The minimum atomic E-state index is -0.0816. The van der Waals surface area contributed by atoms with Crippen LogP contribution in [0.15, 0.2) is 53.2 Å². The van der Waals surface area contributed by atoms with Crippen molar-refractivity contribution in [3.8, 4) is 5.75 Å². The van der Waals surface area contributed by atoms with Crippen LogP contribution in [0.2, 0.25) is 0 Å². The van der Waals surface area contributed by atoms with E-state index < -0.39 is 0 Å². The summed E-state index contributed by atoms with van der Waals surface area (Å²) in [5.41, 5.74) is 4.40. The Morgan fingerprint density at radius 3 is 2.62 bits per heavy atom. The summed E-state index contributed by atoms with van der Waals surface area (Å²) in [5.74, 6) is 1.24. The van der Waals surface area contributed by atoms with Gasteiger partial charge < -0.3 is 15.0 Å². The highest BCUT2D eigenvalue weighted by molar-refractivity contribution is 5.79. The van der Waals surface area contributed by atoms with Crippen LogP contribution in [0.4, 0.5) is 5.69 Å². The Labute approximate surface area is 188 Å². The molecule has 0 saturated carbocycles. The number of benzene rings is 2. The number of hydrogen-bond acceptors (Lipinski definition) is 6. The van der Waals surface area contributed by atoms with Crippen molar-refractivity contribution >= 4 is 11.6 Å². The number of ether oxygens (including phenoxy) is 1. The molecule has 2 heterocycles. The van der Waals surface area contributed by atoms with Crippen LogP contribution >= 0.6 is 0 Å². The van der Waals surface area contributed by atoms with Crippen molar-refractivity contribution in [2.24, 2.45) is 5.92 Å². The molecule has 1 aromatic heterocycles. The summed E-state index contributed by atoms with van der Waals surface area (Å²) < 4.78 is 11.1. The fourth-order valence-electron chi connectivity index (χ4n) is 4.09. The predicted octanol–water partition coefficient (Wildman–Crippen LogP) is 4.37. The zero-order valence-electron chi connectivity index (χ0n) is 18.9. The van der Waals surface area contributed by atoms with E-state index in [0.29, 0.717) is 37.0 Å². The number of carbonyl (C=O) groups is 1. The van der Waals surface area contributed by atoms with E-state index >= 15 is 0 Å². The van der Waals surface area contributed by atoms with Crippen molar-refractivity contribution in [1.29, 1.82) is 0 Å². The van der Waals surface area contributed by atoms with Crippen LogP contribution in [-0.4, -0.2) is 33.8 Å². The summed E-state index contributed by atoms with van der Waals surface area (Å²) in [5, 5.41) is 11.3. The fourth-order valence-corrected chi connectivity index (χ4v) is 4.09. The molecule has 0 bridgehead atoms. The van der Waals surface area contributed by atoms with Gasteiger partial charge in [-0.1, -0.05) is 60.6 Å². The molecule has 1 amide bonds. The van der Waals surface area contributed by atoms with Crippen molar-refractivity contribution in [3.05, 3.63) is 71.0 Å². The average molecular weight is 435 g/mol. The van der Waals surface area contributed by atoms with E-state index in [0.717, 1.165) is 29.0 Å². The maximum absolute atomic E-state index is 13.6. The molecule has 1 atom stereocenters. The molecule has 0 fully saturated rings. The summed E-state index contributed by atoms with van der Waals surface area (Å²) >= 11 is 0. The van der Waals surface area contributed by atoms with Gasteiger partial charge in [-0.3, -0.25) is 4.79 Å². The highest BCUT2D eigenvalue weighted by Gasteiger charge is 2.28. The lowest BCUT2D eigenvalue weighted by Gasteiger charge is -2.33. The van der Waals surface area contributed by atoms with Gasteiger partial charge in [0.1, 0.15) is 23.7 Å². The highest BCUT2D eigenvalue weighted by Crippen LogP contribution is 2.27. The second-order valence-electron chi connectivity index (χ2n) is 8.71. The minimum absolute atomic E-state index is 0.0135. The Hall–Kier alpha value is -3.35. The monoisotopic (exact) mass is 434 g/mol. The lowest BCUT2D eigenvalue weighted by atomic mass is 10.0. The molecule has 168 valence electrons. The van der Waals surface area contributed by atoms with Gasteiger partial charge in [-0.25, -0.2) is 4.63 Å². The molecule has 1 aliphatic rings. The molecule has 0 saturated heterocycles. The Morgan fingerprint density at radius 2 is 1.88 bits per heavy atom. The largest absolute Gasteiger partial charge is 0.491 e. The van der Waals surface area contributed by atoms with Crippen LogP contribution in [0.25, 0.3) is 0 Å². The molecular weight excluding hydrogens is 404 g/mol. The third-order valence-corrected chi connectivity index (χ3v) is 5.80. The first kappa shape index (κ1) is 21.9. The van der Waals surface area contributed by atoms with Crippen molar-refractivity contribution in [1.82, 2.24) is 15.2 Å². The van der Waals surface area contributed by atoms with E-state index in [2.05, 4.69) is 47.7 Å². The Kier molecular flexibility index (Phi) is 6.73. The first-order valence-corrected chi connectivity index (χ1v) is 11.1. The number of aromatic nitrogens is 2. The molecule has 3 aromatic rings. The molecule has 0 aliphatic carbocycles. The lowest BCUT2D eigenvalue weighted by Crippen LogP contribution is -2.44. The smallest absolute Gasteiger partial charge is 0.229 e. The quantitative estimate of drug-likeness (QED) is 0.657. The zero-order valence-corrected chi connectivity index (χ0v) is 18.9. The standard InChI is InChI=1S/C25H30N4O3/c1-17(2)12-21-16-31-24-11-7-5-8-19(24)14-26-22-10-6-4-9-20(22)15-29(21)25(30)13-23-18(3)27-32-28-23/h4-11,17,21,26H,12-16H2,1-3H3/t21-/m0/s1. The number of carbonyl (C=O) groups excluding carboxylic acids is 1. The number of rotatable bonds is 4. The van der Waals surface area contributed by atoms with Crippen LogP contribution < -0.4 is 10.1 Å². The van der Waals surface area contributed by atoms with Gasteiger partial charge in [0.2, 0.25) is 5.91 Å². The second-order valence-corrected chi connectivity index (χ2v) is 8.71. The number of fused-ring (bicyclic) bond motifs is 2. The van der Waals surface area contributed by atoms with Crippen LogP contribution in [-0.2, 0) is 24.3 Å². The molecule has 4 rings (SSSR count). The molecule has 7 nitrogen and oxygen atoms in total. The summed E-state index contributed by atoms with van der Waals surface area (Å²) in [6.45, 7) is 7.71. The number of para-hydroxylation sites is 2. The van der Waals surface area contributed by atoms with Crippen LogP contribution in [0.3, 0.4) is 0 Å². The molecule has 0 radical (unpaired) electrons. The molecule has 0 spiro atoms. The molecule has 1 N–H and O–H groups in total. The van der Waals surface area contributed by atoms with Crippen LogP contribution in [0.1, 0.15) is 42.8 Å². The van der Waals surface area contributed by atoms with E-state index in [1.807, 2.05) is 35.2 Å². The van der Waals surface area contributed by atoms with Crippen molar-refractivity contribution in [2.75, 3.05) is 11.9 Å². The topological polar surface area (TPSA) is 80.5 Å². The molecule has 7 heteroatoms. The lowest BCUT2D eigenvalue weighted by molar-refractivity contribution is -0.134. The van der Waals surface area contributed by atoms with Gasteiger partial charge in [0.25, 0.3) is 0 Å². The molecule has 32 heavy (non-hydrogen) atoms.